The molecule has 0 radical (unpaired) electrons. The van der Waals surface area contributed by atoms with Crippen LogP contribution in [0.4, 0.5) is 4.79 Å². The molecule has 0 aromatic heterocycles. The summed E-state index contributed by atoms with van der Waals surface area (Å²) in [7, 11) is 0. The molecule has 0 aliphatic carbocycles. The second kappa shape index (κ2) is 13.6. The largest absolute Gasteiger partial charge is 0.443 e. The number of nitrogens with two attached hydrogens (primary N) is 1. The van der Waals surface area contributed by atoms with Crippen LogP contribution in [0, 0.1) is 0 Å². The number of nitrogens with zero attached hydrogens (tertiary/aromatic N) is 1. The van der Waals surface area contributed by atoms with Crippen LogP contribution in [-0.4, -0.2) is 51.3 Å². The van der Waals surface area contributed by atoms with Gasteiger partial charge in [0.15, 0.2) is 0 Å². The van der Waals surface area contributed by atoms with Gasteiger partial charge >= 0.3 is 6.09 Å². The molecule has 166 valence electrons. The molecular weight excluding hydrogens is 444 g/mol. The molecule has 0 aromatic rings. The smallest absolute Gasteiger partial charge is 0.418 e. The summed E-state index contributed by atoms with van der Waals surface area (Å²) in [4.78, 5) is 60.4. The normalized spacial score (nSPS) is 12.2. The highest BCUT2D eigenvalue weighted by molar-refractivity contribution is 9.09. The molecule has 1 unspecified atom stereocenters. The van der Waals surface area contributed by atoms with E-state index in [0.29, 0.717) is 6.42 Å². The molecule has 0 saturated heterocycles. The molecule has 0 heterocycles. The van der Waals surface area contributed by atoms with Crippen molar-refractivity contribution in [1.29, 1.82) is 0 Å². The molecule has 29 heavy (non-hydrogen) atoms. The van der Waals surface area contributed by atoms with Crippen molar-refractivity contribution in [3.8, 4) is 0 Å². The highest BCUT2D eigenvalue weighted by Crippen LogP contribution is 2.14. The highest BCUT2D eigenvalue weighted by atomic mass is 79.9. The van der Waals surface area contributed by atoms with Gasteiger partial charge in [0.1, 0.15) is 23.0 Å². The third kappa shape index (κ3) is 12.5. The fourth-order valence-electron chi connectivity index (χ4n) is 2.45. The van der Waals surface area contributed by atoms with Gasteiger partial charge in [-0.05, 0) is 33.6 Å². The summed E-state index contributed by atoms with van der Waals surface area (Å²) in [6, 6.07) is 0. The first-order valence-corrected chi connectivity index (χ1v) is 10.9. The number of carbonyl (C=O) groups is 5. The predicted octanol–water partition coefficient (Wildman–Crippen LogP) is 3.28. The van der Waals surface area contributed by atoms with Gasteiger partial charge in [-0.15, -0.1) is 0 Å². The minimum absolute atomic E-state index is 0.0259. The van der Waals surface area contributed by atoms with Crippen molar-refractivity contribution in [2.24, 2.45) is 5.73 Å². The Kier molecular flexibility index (Phi) is 12.8. The van der Waals surface area contributed by atoms with E-state index in [-0.39, 0.29) is 61.2 Å². The van der Waals surface area contributed by atoms with Crippen molar-refractivity contribution in [2.75, 3.05) is 5.33 Å². The summed E-state index contributed by atoms with van der Waals surface area (Å²) >= 11 is 3.00. The lowest BCUT2D eigenvalue weighted by Crippen LogP contribution is -2.51. The second-order valence-electron chi connectivity index (χ2n) is 7.85. The van der Waals surface area contributed by atoms with Gasteiger partial charge in [-0.25, -0.2) is 9.69 Å². The summed E-state index contributed by atoms with van der Waals surface area (Å²) in [5.74, 6) is -0.830. The van der Waals surface area contributed by atoms with Gasteiger partial charge in [-0.2, -0.15) is 0 Å². The van der Waals surface area contributed by atoms with Crippen LogP contribution < -0.4 is 5.73 Å². The Morgan fingerprint density at radius 1 is 0.897 bits per heavy atom. The number of rotatable bonds is 13. The minimum atomic E-state index is -1.01. The van der Waals surface area contributed by atoms with Gasteiger partial charge in [0, 0.05) is 38.5 Å². The molecule has 0 rings (SSSR count). The number of hydrogen-bond acceptors (Lipinski definition) is 7. The molecular formula is C20H33BrN2O6. The van der Waals surface area contributed by atoms with E-state index in [0.717, 1.165) is 11.3 Å². The maximum absolute atomic E-state index is 12.3. The number of hydrogen-bond donors (Lipinski definition) is 1. The van der Waals surface area contributed by atoms with Gasteiger partial charge in [-0.1, -0.05) is 22.9 Å². The molecule has 0 aliphatic rings. The molecule has 0 bridgehead atoms. The van der Waals surface area contributed by atoms with Gasteiger partial charge in [0.2, 0.25) is 5.91 Å². The number of carbonyl (C=O) groups excluding carboxylic acids is 5. The van der Waals surface area contributed by atoms with Crippen LogP contribution in [0.5, 0.6) is 0 Å². The number of imide groups is 1. The molecule has 2 N–H and O–H groups in total. The average molecular weight is 477 g/mol. The maximum atomic E-state index is 12.3. The zero-order chi connectivity index (χ0) is 22.6. The number of ether oxygens (including phenoxy) is 1. The molecule has 0 fully saturated rings. The predicted molar refractivity (Wildman–Crippen MR) is 112 cm³/mol. The second-order valence-corrected chi connectivity index (χ2v) is 8.41. The van der Waals surface area contributed by atoms with Crippen molar-refractivity contribution < 1.29 is 28.7 Å². The summed E-state index contributed by atoms with van der Waals surface area (Å²) in [5, 5.41) is -0.112. The van der Waals surface area contributed by atoms with Crippen LogP contribution in [0.2, 0.25) is 0 Å². The molecule has 1 atom stereocenters. The van der Waals surface area contributed by atoms with Crippen LogP contribution in [0.25, 0.3) is 0 Å². The van der Waals surface area contributed by atoms with Crippen LogP contribution in [-0.2, 0) is 23.9 Å². The first-order valence-electron chi connectivity index (χ1n) is 9.83. The highest BCUT2D eigenvalue weighted by Gasteiger charge is 2.31. The van der Waals surface area contributed by atoms with Crippen LogP contribution in [0.3, 0.4) is 0 Å². The fourth-order valence-corrected chi connectivity index (χ4v) is 2.72. The lowest BCUT2D eigenvalue weighted by atomic mass is 10.0. The van der Waals surface area contributed by atoms with E-state index >= 15 is 0 Å². The topological polar surface area (TPSA) is 124 Å². The third-order valence-corrected chi connectivity index (χ3v) is 4.40. The number of amides is 2. The first kappa shape index (κ1) is 27.4. The quantitative estimate of drug-likeness (QED) is 0.319. The summed E-state index contributed by atoms with van der Waals surface area (Å²) < 4.78 is 5.20. The Morgan fingerprint density at radius 3 is 1.76 bits per heavy atom. The molecule has 0 aromatic carbocycles. The van der Waals surface area contributed by atoms with E-state index in [4.69, 9.17) is 10.5 Å². The van der Waals surface area contributed by atoms with Gasteiger partial charge in [0.05, 0.1) is 11.5 Å². The Balaban J connectivity index is 4.52. The van der Waals surface area contributed by atoms with E-state index in [1.54, 1.807) is 20.8 Å². The molecule has 2 amide bonds. The van der Waals surface area contributed by atoms with Gasteiger partial charge in [-0.3, -0.25) is 19.2 Å². The summed E-state index contributed by atoms with van der Waals surface area (Å²) in [6.07, 6.45) is -0.0819. The van der Waals surface area contributed by atoms with E-state index in [9.17, 15) is 24.0 Å². The third-order valence-electron chi connectivity index (χ3n) is 3.92. The Labute approximate surface area is 181 Å². The molecule has 9 heteroatoms. The van der Waals surface area contributed by atoms with E-state index in [1.807, 2.05) is 6.92 Å². The van der Waals surface area contributed by atoms with Gasteiger partial charge < -0.3 is 10.5 Å². The summed E-state index contributed by atoms with van der Waals surface area (Å²) in [5.41, 5.74) is 5.16. The van der Waals surface area contributed by atoms with Crippen molar-refractivity contribution in [3.05, 3.63) is 0 Å². The standard InChI is InChI=1S/C20H33BrN2O6/c1-5-6-14(24)7-8-15(25)9-10-16(26)11-12-17(22)23(18(27)13-21)19(28)29-20(2,3)4/h17H,5-13,22H2,1-4H3. The van der Waals surface area contributed by atoms with E-state index < -0.39 is 23.8 Å². The minimum Gasteiger partial charge on any atom is -0.443 e. The number of Topliss-reactive ketones (excluding diaryl/α,β-unsaturated/α-hetero) is 3. The molecule has 8 nitrogen and oxygen atoms in total. The van der Waals surface area contributed by atoms with E-state index in [1.165, 1.54) is 0 Å². The van der Waals surface area contributed by atoms with Crippen molar-refractivity contribution in [2.45, 2.75) is 90.8 Å². The van der Waals surface area contributed by atoms with E-state index in [2.05, 4.69) is 15.9 Å². The Morgan fingerprint density at radius 2 is 1.34 bits per heavy atom. The maximum Gasteiger partial charge on any atom is 0.418 e. The average Bonchev–Trinajstić information content (AvgIpc) is 2.61. The van der Waals surface area contributed by atoms with Crippen molar-refractivity contribution in [3.63, 3.8) is 0 Å². The number of ketones is 3. The fraction of sp³-hybridized carbons (Fsp3) is 0.750. The van der Waals surface area contributed by atoms with Crippen molar-refractivity contribution in [1.82, 2.24) is 4.90 Å². The lowest BCUT2D eigenvalue weighted by molar-refractivity contribution is -0.130. The molecule has 0 aliphatic heterocycles. The van der Waals surface area contributed by atoms with Gasteiger partial charge in [0.25, 0.3) is 0 Å². The SMILES string of the molecule is CCCC(=O)CCC(=O)CCC(=O)CCC(N)N(C(=O)CBr)C(=O)OC(C)(C)C. The van der Waals surface area contributed by atoms with Crippen LogP contribution >= 0.6 is 15.9 Å². The number of halogens is 1. The molecule has 0 spiro atoms. The zero-order valence-corrected chi connectivity index (χ0v) is 19.4. The monoisotopic (exact) mass is 476 g/mol. The molecule has 0 saturated carbocycles. The Hall–Kier alpha value is -1.61. The first-order chi connectivity index (χ1) is 13.4. The number of alkyl halides is 1. The van der Waals surface area contributed by atoms with Crippen molar-refractivity contribution >= 4 is 45.3 Å². The lowest BCUT2D eigenvalue weighted by Gasteiger charge is -2.29. The van der Waals surface area contributed by atoms with Crippen LogP contribution in [0.15, 0.2) is 0 Å². The summed E-state index contributed by atoms with van der Waals surface area (Å²) in [6.45, 7) is 6.91. The van der Waals surface area contributed by atoms with Crippen LogP contribution in [0.1, 0.15) is 79.1 Å². The Bertz CT molecular complexity index is 600. The zero-order valence-electron chi connectivity index (χ0n) is 17.8.